The number of fused-ring (bicyclic) bond motifs is 2. The predicted octanol–water partition coefficient (Wildman–Crippen LogP) is 5.72. The van der Waals surface area contributed by atoms with Crippen molar-refractivity contribution in [3.05, 3.63) is 89.1 Å². The zero-order valence-electron chi connectivity index (χ0n) is 24.0. The van der Waals surface area contributed by atoms with Crippen LogP contribution in [0.3, 0.4) is 0 Å². The maximum Gasteiger partial charge on any atom is 0.254 e. The number of nitrogens with zero attached hydrogens (tertiary/aromatic N) is 2. The Bertz CT molecular complexity index is 1500. The largest absolute Gasteiger partial charge is 0.493 e. The normalized spacial score (nSPS) is 17.2. The van der Waals surface area contributed by atoms with Crippen molar-refractivity contribution in [3.8, 4) is 17.2 Å². The summed E-state index contributed by atoms with van der Waals surface area (Å²) in [6, 6.07) is 20.4. The lowest BCUT2D eigenvalue weighted by molar-refractivity contribution is 0.0712. The highest BCUT2D eigenvalue weighted by Gasteiger charge is 2.30. The van der Waals surface area contributed by atoms with E-state index in [0.29, 0.717) is 24.0 Å². The molecule has 2 aliphatic rings. The maximum atomic E-state index is 13.3. The number of amides is 1. The minimum Gasteiger partial charge on any atom is -0.493 e. The van der Waals surface area contributed by atoms with Gasteiger partial charge in [-0.3, -0.25) is 4.79 Å². The number of likely N-dealkylation sites (tertiary alicyclic amines) is 1. The summed E-state index contributed by atoms with van der Waals surface area (Å²) < 4.78 is 16.9. The van der Waals surface area contributed by atoms with Crippen molar-refractivity contribution in [2.45, 2.75) is 32.3 Å². The summed E-state index contributed by atoms with van der Waals surface area (Å²) in [5, 5.41) is 1.24. The first kappa shape index (κ1) is 27.2. The number of rotatable bonds is 11. The first-order valence-corrected chi connectivity index (χ1v) is 14.6. The smallest absolute Gasteiger partial charge is 0.254 e. The van der Waals surface area contributed by atoms with Gasteiger partial charge in [0.1, 0.15) is 12.4 Å². The Kier molecular flexibility index (Phi) is 8.14. The SMILES string of the molecule is COc1cc2c(cc1OC)C(=O)N(CC1CCN(CCCc3c[nH]c4ccc(OCc5ccccc5)cc34)C1)CC2. The molecule has 7 heteroatoms. The van der Waals surface area contributed by atoms with Gasteiger partial charge in [-0.25, -0.2) is 0 Å². The summed E-state index contributed by atoms with van der Waals surface area (Å²) in [7, 11) is 3.24. The van der Waals surface area contributed by atoms with Gasteiger partial charge in [-0.15, -0.1) is 0 Å². The summed E-state index contributed by atoms with van der Waals surface area (Å²) in [5.74, 6) is 2.82. The van der Waals surface area contributed by atoms with Gasteiger partial charge in [-0.2, -0.15) is 0 Å². The second-order valence-corrected chi connectivity index (χ2v) is 11.2. The van der Waals surface area contributed by atoms with Crippen LogP contribution in [0.1, 0.15) is 39.9 Å². The average Bonchev–Trinajstić information content (AvgIpc) is 3.64. The van der Waals surface area contributed by atoms with E-state index < -0.39 is 0 Å². The van der Waals surface area contributed by atoms with Crippen molar-refractivity contribution in [1.29, 1.82) is 0 Å². The van der Waals surface area contributed by atoms with E-state index in [0.717, 1.165) is 80.8 Å². The third-order valence-electron chi connectivity index (χ3n) is 8.53. The Morgan fingerprint density at radius 1 is 0.976 bits per heavy atom. The van der Waals surface area contributed by atoms with E-state index in [1.165, 1.54) is 16.5 Å². The molecule has 0 bridgehead atoms. The lowest BCUT2D eigenvalue weighted by Crippen LogP contribution is -2.41. The van der Waals surface area contributed by atoms with Crippen LogP contribution in [0.2, 0.25) is 0 Å². The first-order valence-electron chi connectivity index (χ1n) is 14.6. The molecule has 1 fully saturated rings. The van der Waals surface area contributed by atoms with Crippen LogP contribution in [0.15, 0.2) is 66.9 Å². The summed E-state index contributed by atoms with van der Waals surface area (Å²) >= 11 is 0. The molecule has 1 aromatic heterocycles. The molecule has 1 unspecified atom stereocenters. The zero-order chi connectivity index (χ0) is 28.2. The maximum absolute atomic E-state index is 13.3. The van der Waals surface area contributed by atoms with Crippen LogP contribution in [0.5, 0.6) is 17.2 Å². The van der Waals surface area contributed by atoms with Crippen molar-refractivity contribution in [2.24, 2.45) is 5.92 Å². The molecule has 6 rings (SSSR count). The number of methoxy groups -OCH3 is 2. The van der Waals surface area contributed by atoms with Gasteiger partial charge < -0.3 is 29.0 Å². The zero-order valence-corrected chi connectivity index (χ0v) is 24.0. The van der Waals surface area contributed by atoms with E-state index in [2.05, 4.69) is 40.3 Å². The van der Waals surface area contributed by atoms with Gasteiger partial charge in [-0.1, -0.05) is 30.3 Å². The Morgan fingerprint density at radius 3 is 2.63 bits per heavy atom. The van der Waals surface area contributed by atoms with Gasteiger partial charge in [0.15, 0.2) is 11.5 Å². The molecular weight excluding hydrogens is 514 g/mol. The topological polar surface area (TPSA) is 67.0 Å². The number of carbonyl (C=O) groups is 1. The molecule has 214 valence electrons. The Balaban J connectivity index is 0.995. The molecule has 1 N–H and O–H groups in total. The third kappa shape index (κ3) is 6.05. The number of aromatic nitrogens is 1. The molecule has 2 aliphatic heterocycles. The molecule has 41 heavy (non-hydrogen) atoms. The molecule has 7 nitrogen and oxygen atoms in total. The number of aryl methyl sites for hydroxylation is 1. The second kappa shape index (κ2) is 12.3. The number of carbonyl (C=O) groups excluding carboxylic acids is 1. The highest BCUT2D eigenvalue weighted by molar-refractivity contribution is 5.97. The predicted molar refractivity (Wildman–Crippen MR) is 161 cm³/mol. The second-order valence-electron chi connectivity index (χ2n) is 11.2. The Morgan fingerprint density at radius 2 is 1.80 bits per heavy atom. The number of H-pyrrole nitrogens is 1. The summed E-state index contributed by atoms with van der Waals surface area (Å²) in [5.41, 5.74) is 5.45. The van der Waals surface area contributed by atoms with E-state index in [-0.39, 0.29) is 5.91 Å². The van der Waals surface area contributed by atoms with Crippen LogP contribution >= 0.6 is 0 Å². The van der Waals surface area contributed by atoms with Gasteiger partial charge in [0.05, 0.1) is 14.2 Å². The van der Waals surface area contributed by atoms with Crippen molar-refractivity contribution >= 4 is 16.8 Å². The van der Waals surface area contributed by atoms with Crippen molar-refractivity contribution in [3.63, 3.8) is 0 Å². The molecule has 1 saturated heterocycles. The van der Waals surface area contributed by atoms with Crippen LogP contribution in [0, 0.1) is 5.92 Å². The van der Waals surface area contributed by atoms with Gasteiger partial charge >= 0.3 is 0 Å². The summed E-state index contributed by atoms with van der Waals surface area (Å²) in [6.07, 6.45) is 6.25. The van der Waals surface area contributed by atoms with Gasteiger partial charge in [0.2, 0.25) is 0 Å². The fraction of sp³-hybridized carbons (Fsp3) is 0.382. The van der Waals surface area contributed by atoms with Crippen molar-refractivity contribution < 1.29 is 19.0 Å². The monoisotopic (exact) mass is 553 g/mol. The standard InChI is InChI=1S/C34H39N3O4/c1-39-32-17-26-13-16-37(34(38)30(26)19-33(32)40-2)22-25-12-15-36(21-25)14-6-9-27-20-35-31-11-10-28(18-29(27)31)41-23-24-7-4-3-5-8-24/h3-5,7-8,10-11,17-20,25,35H,6,9,12-16,21-23H2,1-2H3. The van der Waals surface area contributed by atoms with E-state index in [9.17, 15) is 4.79 Å². The van der Waals surface area contributed by atoms with Gasteiger partial charge in [-0.05, 0) is 91.7 Å². The number of hydrogen-bond donors (Lipinski definition) is 1. The number of ether oxygens (including phenoxy) is 3. The highest BCUT2D eigenvalue weighted by Crippen LogP contribution is 2.34. The fourth-order valence-corrected chi connectivity index (χ4v) is 6.29. The molecule has 3 heterocycles. The first-order chi connectivity index (χ1) is 20.1. The molecule has 3 aromatic carbocycles. The molecule has 0 aliphatic carbocycles. The van der Waals surface area contributed by atoms with E-state index in [4.69, 9.17) is 14.2 Å². The number of hydrogen-bond acceptors (Lipinski definition) is 5. The molecule has 1 amide bonds. The molecule has 0 spiro atoms. The lowest BCUT2D eigenvalue weighted by Gasteiger charge is -2.31. The quantitative estimate of drug-likeness (QED) is 0.258. The molecule has 0 radical (unpaired) electrons. The Hall–Kier alpha value is -3.97. The minimum absolute atomic E-state index is 0.108. The fourth-order valence-electron chi connectivity index (χ4n) is 6.29. The van der Waals surface area contributed by atoms with Crippen LogP contribution in [-0.2, 0) is 19.4 Å². The number of nitrogens with one attached hydrogen (secondary N) is 1. The van der Waals surface area contributed by atoms with Gasteiger partial charge in [0.25, 0.3) is 5.91 Å². The van der Waals surface area contributed by atoms with Crippen LogP contribution in [0.4, 0.5) is 0 Å². The van der Waals surface area contributed by atoms with Gasteiger partial charge in [0, 0.05) is 42.3 Å². The summed E-state index contributed by atoms with van der Waals surface area (Å²) in [6.45, 7) is 5.36. The van der Waals surface area contributed by atoms with Crippen LogP contribution in [0.25, 0.3) is 10.9 Å². The number of aromatic amines is 1. The highest BCUT2D eigenvalue weighted by atomic mass is 16.5. The molecular formula is C34H39N3O4. The van der Waals surface area contributed by atoms with E-state index >= 15 is 0 Å². The van der Waals surface area contributed by atoms with E-state index in [1.807, 2.05) is 41.3 Å². The van der Waals surface area contributed by atoms with Crippen LogP contribution < -0.4 is 14.2 Å². The Labute approximate surface area is 242 Å². The van der Waals surface area contributed by atoms with Crippen molar-refractivity contribution in [1.82, 2.24) is 14.8 Å². The van der Waals surface area contributed by atoms with Crippen molar-refractivity contribution in [2.75, 3.05) is 46.9 Å². The molecule has 1 atom stereocenters. The molecule has 0 saturated carbocycles. The lowest BCUT2D eigenvalue weighted by atomic mass is 9.96. The summed E-state index contributed by atoms with van der Waals surface area (Å²) in [4.78, 5) is 21.3. The average molecular weight is 554 g/mol. The minimum atomic E-state index is 0.108. The molecule has 4 aromatic rings. The third-order valence-corrected chi connectivity index (χ3v) is 8.53. The van der Waals surface area contributed by atoms with Crippen LogP contribution in [-0.4, -0.2) is 67.6 Å². The number of benzene rings is 3. The van der Waals surface area contributed by atoms with E-state index in [1.54, 1.807) is 14.2 Å².